The maximum absolute atomic E-state index is 6.24. The van der Waals surface area contributed by atoms with Gasteiger partial charge in [-0.15, -0.1) is 0 Å². The Kier molecular flexibility index (Phi) is 4.25. The van der Waals surface area contributed by atoms with Crippen molar-refractivity contribution >= 4 is 0 Å². The summed E-state index contributed by atoms with van der Waals surface area (Å²) in [6.45, 7) is 18.0. The number of hydroxylamine groups is 2. The number of hydrogen-bond donors (Lipinski definition) is 0. The van der Waals surface area contributed by atoms with E-state index >= 15 is 0 Å². The van der Waals surface area contributed by atoms with Crippen LogP contribution < -0.4 is 0 Å². The molecule has 2 aliphatic rings. The summed E-state index contributed by atoms with van der Waals surface area (Å²) in [6.07, 6.45) is 2.40. The van der Waals surface area contributed by atoms with E-state index in [1.54, 1.807) is 0 Å². The van der Waals surface area contributed by atoms with Crippen molar-refractivity contribution in [2.24, 2.45) is 16.7 Å². The van der Waals surface area contributed by atoms with E-state index in [9.17, 15) is 0 Å². The lowest BCUT2D eigenvalue weighted by Crippen LogP contribution is -2.59. The minimum atomic E-state index is 0.110. The lowest BCUT2D eigenvalue weighted by Gasteiger charge is -2.58. The maximum atomic E-state index is 6.24. The van der Waals surface area contributed by atoms with Gasteiger partial charge in [-0.05, 0) is 29.6 Å². The molecule has 3 atom stereocenters. The largest absolute Gasteiger partial charge is 0.292 e. The summed E-state index contributed by atoms with van der Waals surface area (Å²) in [4.78, 5) is 6.24. The highest BCUT2D eigenvalue weighted by atomic mass is 16.7. The van der Waals surface area contributed by atoms with E-state index in [0.717, 1.165) is 5.92 Å². The molecule has 2 nitrogen and oxygen atoms in total. The van der Waals surface area contributed by atoms with Gasteiger partial charge in [0.1, 0.15) is 0 Å². The van der Waals surface area contributed by atoms with Crippen LogP contribution in [0.5, 0.6) is 0 Å². The van der Waals surface area contributed by atoms with E-state index in [-0.39, 0.29) is 5.60 Å². The van der Waals surface area contributed by atoms with Crippen molar-refractivity contribution in [3.63, 3.8) is 0 Å². The monoisotopic (exact) mass is 255 g/mol. The summed E-state index contributed by atoms with van der Waals surface area (Å²) < 4.78 is 0. The molecular weight excluding hydrogens is 222 g/mol. The minimum Gasteiger partial charge on any atom is -0.292 e. The number of rotatable bonds is 0. The van der Waals surface area contributed by atoms with Crippen LogP contribution in [0.25, 0.3) is 0 Å². The molecule has 1 spiro atoms. The second kappa shape index (κ2) is 4.79. The Morgan fingerprint density at radius 1 is 1.11 bits per heavy atom. The van der Waals surface area contributed by atoms with Gasteiger partial charge >= 0.3 is 0 Å². The van der Waals surface area contributed by atoms with Crippen LogP contribution in [0.3, 0.4) is 0 Å². The smallest absolute Gasteiger partial charge is 0.0971 e. The molecule has 108 valence electrons. The maximum Gasteiger partial charge on any atom is 0.0971 e. The van der Waals surface area contributed by atoms with E-state index in [0.29, 0.717) is 16.9 Å². The number of hydrogen-bond acceptors (Lipinski definition) is 2. The fourth-order valence-electron chi connectivity index (χ4n) is 3.50. The zero-order valence-corrected chi connectivity index (χ0v) is 13.9. The first-order valence-corrected chi connectivity index (χ1v) is 7.52. The lowest BCUT2D eigenvalue weighted by atomic mass is 9.50. The zero-order chi connectivity index (χ0) is 14.4. The fourth-order valence-corrected chi connectivity index (χ4v) is 3.50. The van der Waals surface area contributed by atoms with Crippen molar-refractivity contribution in [3.8, 4) is 0 Å². The Hall–Kier alpha value is -0.0800. The molecule has 0 aromatic carbocycles. The molecule has 0 radical (unpaired) electrons. The van der Waals surface area contributed by atoms with Gasteiger partial charge in [-0.3, -0.25) is 4.84 Å². The zero-order valence-electron chi connectivity index (χ0n) is 13.9. The average molecular weight is 255 g/mol. The molecule has 0 N–H and O–H groups in total. The summed E-state index contributed by atoms with van der Waals surface area (Å²) in [6, 6.07) is 0.541. The first-order valence-electron chi connectivity index (χ1n) is 7.52. The topological polar surface area (TPSA) is 12.5 Å². The Balaban J connectivity index is 0.000000771. The van der Waals surface area contributed by atoms with Crippen molar-refractivity contribution in [3.05, 3.63) is 0 Å². The predicted octanol–water partition coefficient (Wildman–Crippen LogP) is 4.50. The van der Waals surface area contributed by atoms with Gasteiger partial charge in [-0.25, -0.2) is 0 Å². The summed E-state index contributed by atoms with van der Waals surface area (Å²) in [5.74, 6) is 0.777. The molecule has 0 bridgehead atoms. The first kappa shape index (κ1) is 16.0. The Bertz CT molecular complexity index is 292. The predicted molar refractivity (Wildman–Crippen MR) is 78.3 cm³/mol. The molecule has 1 aliphatic carbocycles. The molecule has 2 fully saturated rings. The normalized spacial score (nSPS) is 39.2. The minimum absolute atomic E-state index is 0.110. The van der Waals surface area contributed by atoms with Crippen LogP contribution >= 0.6 is 0 Å². The third-order valence-electron chi connectivity index (χ3n) is 5.32. The lowest BCUT2D eigenvalue weighted by molar-refractivity contribution is -0.287. The molecular formula is C16H33NO. The van der Waals surface area contributed by atoms with Gasteiger partial charge < -0.3 is 0 Å². The second-order valence-corrected chi connectivity index (χ2v) is 7.54. The van der Waals surface area contributed by atoms with Crippen molar-refractivity contribution in [2.45, 2.75) is 79.9 Å². The molecule has 0 aromatic heterocycles. The highest BCUT2D eigenvalue weighted by Gasteiger charge is 2.64. The quantitative estimate of drug-likeness (QED) is 0.632. The van der Waals surface area contributed by atoms with Gasteiger partial charge in [0.15, 0.2) is 0 Å². The highest BCUT2D eigenvalue weighted by Crippen LogP contribution is 2.62. The van der Waals surface area contributed by atoms with Crippen LogP contribution in [0.2, 0.25) is 0 Å². The van der Waals surface area contributed by atoms with Gasteiger partial charge in [0.25, 0.3) is 0 Å². The molecule has 1 saturated heterocycles. The Morgan fingerprint density at radius 2 is 1.61 bits per heavy atom. The van der Waals surface area contributed by atoms with Crippen LogP contribution in [0, 0.1) is 16.7 Å². The molecule has 0 aromatic rings. The molecule has 1 saturated carbocycles. The summed E-state index contributed by atoms with van der Waals surface area (Å²) in [5, 5.41) is 2.12. The molecule has 18 heavy (non-hydrogen) atoms. The van der Waals surface area contributed by atoms with Crippen LogP contribution in [0.15, 0.2) is 0 Å². The van der Waals surface area contributed by atoms with Crippen LogP contribution in [0.4, 0.5) is 0 Å². The summed E-state index contributed by atoms with van der Waals surface area (Å²) >= 11 is 0. The van der Waals surface area contributed by atoms with E-state index in [2.05, 4.69) is 53.7 Å². The Labute approximate surface area is 114 Å². The third kappa shape index (κ3) is 2.22. The van der Waals surface area contributed by atoms with Gasteiger partial charge in [0.2, 0.25) is 0 Å². The number of nitrogens with zero attached hydrogens (tertiary/aromatic N) is 1. The standard InChI is InChI=1S/C14H27NO.C2H6/c1-10-8-14(13(10,5)6)9-11(12(2,3)4)15(7)16-14;1-2/h10-11H,8-9H2,1-7H3;1-2H3. The van der Waals surface area contributed by atoms with E-state index in [4.69, 9.17) is 4.84 Å². The highest BCUT2D eigenvalue weighted by molar-refractivity contribution is 5.12. The Morgan fingerprint density at radius 3 is 1.89 bits per heavy atom. The van der Waals surface area contributed by atoms with Crippen molar-refractivity contribution in [1.82, 2.24) is 5.06 Å². The SMILES string of the molecule is CC.CC1CC2(CC(C(C)(C)C)N(C)O2)C1(C)C. The van der Waals surface area contributed by atoms with Crippen molar-refractivity contribution < 1.29 is 4.84 Å². The van der Waals surface area contributed by atoms with Crippen LogP contribution in [-0.2, 0) is 4.84 Å². The summed E-state index contributed by atoms with van der Waals surface area (Å²) in [7, 11) is 2.10. The van der Waals surface area contributed by atoms with E-state index in [1.165, 1.54) is 12.8 Å². The molecule has 3 unspecified atom stereocenters. The summed E-state index contributed by atoms with van der Waals surface area (Å²) in [5.41, 5.74) is 0.730. The second-order valence-electron chi connectivity index (χ2n) is 7.54. The fraction of sp³-hybridized carbons (Fsp3) is 1.00. The molecule has 2 heteroatoms. The van der Waals surface area contributed by atoms with E-state index in [1.807, 2.05) is 13.8 Å². The van der Waals surface area contributed by atoms with Gasteiger partial charge in [-0.1, -0.05) is 55.4 Å². The first-order chi connectivity index (χ1) is 8.10. The van der Waals surface area contributed by atoms with Crippen LogP contribution in [-0.4, -0.2) is 23.8 Å². The van der Waals surface area contributed by atoms with Crippen molar-refractivity contribution in [1.29, 1.82) is 0 Å². The van der Waals surface area contributed by atoms with Crippen LogP contribution in [0.1, 0.15) is 68.2 Å². The molecule has 1 aliphatic heterocycles. The van der Waals surface area contributed by atoms with Gasteiger partial charge in [-0.2, -0.15) is 5.06 Å². The van der Waals surface area contributed by atoms with Crippen molar-refractivity contribution in [2.75, 3.05) is 7.05 Å². The van der Waals surface area contributed by atoms with E-state index < -0.39 is 0 Å². The third-order valence-corrected chi connectivity index (χ3v) is 5.32. The molecule has 2 rings (SSSR count). The average Bonchev–Trinajstić information content (AvgIpc) is 2.61. The van der Waals surface area contributed by atoms with Gasteiger partial charge in [0, 0.05) is 13.1 Å². The van der Waals surface area contributed by atoms with Gasteiger partial charge in [0.05, 0.1) is 5.60 Å². The molecule has 1 heterocycles. The molecule has 0 amide bonds.